The minimum atomic E-state index is -1.24. The van der Waals surface area contributed by atoms with Gasteiger partial charge in [-0.25, -0.2) is 8.78 Å². The SMILES string of the molecule is CCC(N)(CCCSc1cc(F)ccc1F)C(=O)O. The van der Waals surface area contributed by atoms with Gasteiger partial charge in [0.15, 0.2) is 0 Å². The maximum Gasteiger partial charge on any atom is 0.323 e. The van der Waals surface area contributed by atoms with Crippen LogP contribution in [0.4, 0.5) is 8.78 Å². The van der Waals surface area contributed by atoms with Crippen LogP contribution in [-0.2, 0) is 4.79 Å². The number of carbonyl (C=O) groups is 1. The van der Waals surface area contributed by atoms with Crippen molar-refractivity contribution in [1.82, 2.24) is 0 Å². The quantitative estimate of drug-likeness (QED) is 0.598. The van der Waals surface area contributed by atoms with Gasteiger partial charge in [-0.15, -0.1) is 11.8 Å². The molecule has 0 bridgehead atoms. The number of hydrogen-bond donors (Lipinski definition) is 2. The van der Waals surface area contributed by atoms with Crippen molar-refractivity contribution in [3.63, 3.8) is 0 Å². The van der Waals surface area contributed by atoms with Gasteiger partial charge in [0, 0.05) is 4.90 Å². The zero-order valence-corrected chi connectivity index (χ0v) is 11.5. The number of rotatable bonds is 7. The largest absolute Gasteiger partial charge is 0.480 e. The average molecular weight is 289 g/mol. The Kier molecular flexibility index (Phi) is 5.75. The van der Waals surface area contributed by atoms with Gasteiger partial charge in [-0.2, -0.15) is 0 Å². The third kappa shape index (κ3) is 4.47. The number of benzene rings is 1. The zero-order chi connectivity index (χ0) is 14.5. The Morgan fingerprint density at radius 2 is 2.16 bits per heavy atom. The number of carboxylic acid groups (broad SMARTS) is 1. The standard InChI is InChI=1S/C13H17F2NO2S/c1-2-13(16,12(17)18)6-3-7-19-11-8-9(14)4-5-10(11)15/h4-5,8H,2-3,6-7,16H2,1H3,(H,17,18). The Labute approximate surface area is 115 Å². The van der Waals surface area contributed by atoms with E-state index in [2.05, 4.69) is 0 Å². The summed E-state index contributed by atoms with van der Waals surface area (Å²) in [5.41, 5.74) is 4.50. The predicted octanol–water partition coefficient (Wildman–Crippen LogP) is 3.03. The lowest BCUT2D eigenvalue weighted by Crippen LogP contribution is -2.47. The molecule has 0 saturated heterocycles. The van der Waals surface area contributed by atoms with Gasteiger partial charge in [-0.3, -0.25) is 4.79 Å². The Morgan fingerprint density at radius 1 is 1.47 bits per heavy atom. The molecule has 1 atom stereocenters. The molecule has 3 N–H and O–H groups in total. The molecule has 0 aliphatic heterocycles. The highest BCUT2D eigenvalue weighted by Crippen LogP contribution is 2.25. The smallest absolute Gasteiger partial charge is 0.323 e. The first-order chi connectivity index (χ1) is 8.89. The zero-order valence-electron chi connectivity index (χ0n) is 10.7. The Bertz CT molecular complexity index is 456. The lowest BCUT2D eigenvalue weighted by molar-refractivity contribution is -0.143. The second kappa shape index (κ2) is 6.86. The molecular formula is C13H17F2NO2S. The maximum atomic E-state index is 13.3. The van der Waals surface area contributed by atoms with E-state index >= 15 is 0 Å². The normalized spacial score (nSPS) is 14.1. The van der Waals surface area contributed by atoms with Gasteiger partial charge < -0.3 is 10.8 Å². The predicted molar refractivity (Wildman–Crippen MR) is 71.2 cm³/mol. The van der Waals surface area contributed by atoms with E-state index in [1.165, 1.54) is 0 Å². The van der Waals surface area contributed by atoms with Crippen LogP contribution in [0.25, 0.3) is 0 Å². The topological polar surface area (TPSA) is 63.3 Å². The molecule has 0 spiro atoms. The summed E-state index contributed by atoms with van der Waals surface area (Å²) in [5.74, 6) is -1.50. The molecule has 0 saturated carbocycles. The van der Waals surface area contributed by atoms with Crippen LogP contribution in [0.5, 0.6) is 0 Å². The third-order valence-corrected chi connectivity index (χ3v) is 4.09. The minimum absolute atomic E-state index is 0.231. The molecular weight excluding hydrogens is 272 g/mol. The second-order valence-electron chi connectivity index (χ2n) is 4.34. The summed E-state index contributed by atoms with van der Waals surface area (Å²) < 4.78 is 26.2. The third-order valence-electron chi connectivity index (χ3n) is 2.97. The van der Waals surface area contributed by atoms with Gasteiger partial charge in [0.05, 0.1) is 0 Å². The fraction of sp³-hybridized carbons (Fsp3) is 0.462. The van der Waals surface area contributed by atoms with Crippen molar-refractivity contribution in [2.45, 2.75) is 36.6 Å². The van der Waals surface area contributed by atoms with Crippen LogP contribution in [0, 0.1) is 11.6 Å². The van der Waals surface area contributed by atoms with Crippen LogP contribution in [-0.4, -0.2) is 22.4 Å². The summed E-state index contributed by atoms with van der Waals surface area (Å²) in [5, 5.41) is 8.99. The summed E-state index contributed by atoms with van der Waals surface area (Å²) in [4.78, 5) is 11.2. The maximum absolute atomic E-state index is 13.3. The van der Waals surface area contributed by atoms with Gasteiger partial charge >= 0.3 is 5.97 Å². The number of hydrogen-bond acceptors (Lipinski definition) is 3. The van der Waals surface area contributed by atoms with Gasteiger partial charge in [0.2, 0.25) is 0 Å². The lowest BCUT2D eigenvalue weighted by Gasteiger charge is -2.22. The number of halogens is 2. The molecule has 106 valence electrons. The number of aliphatic carboxylic acids is 1. The highest BCUT2D eigenvalue weighted by atomic mass is 32.2. The first-order valence-corrected chi connectivity index (χ1v) is 6.98. The van der Waals surface area contributed by atoms with E-state index in [-0.39, 0.29) is 4.90 Å². The number of nitrogens with two attached hydrogens (primary N) is 1. The summed E-state index contributed by atoms with van der Waals surface area (Å²) in [6.07, 6.45) is 1.17. The van der Waals surface area contributed by atoms with Crippen molar-refractivity contribution in [3.05, 3.63) is 29.8 Å². The van der Waals surface area contributed by atoms with E-state index in [0.717, 1.165) is 30.0 Å². The van der Waals surface area contributed by atoms with Crippen molar-refractivity contribution in [2.24, 2.45) is 5.73 Å². The van der Waals surface area contributed by atoms with E-state index in [1.54, 1.807) is 6.92 Å². The Hall–Kier alpha value is -1.14. The van der Waals surface area contributed by atoms with E-state index < -0.39 is 23.1 Å². The van der Waals surface area contributed by atoms with Gasteiger partial charge in [0.1, 0.15) is 17.2 Å². The molecule has 0 heterocycles. The molecule has 19 heavy (non-hydrogen) atoms. The highest BCUT2D eigenvalue weighted by molar-refractivity contribution is 7.99. The highest BCUT2D eigenvalue weighted by Gasteiger charge is 2.30. The molecule has 0 radical (unpaired) electrons. The van der Waals surface area contributed by atoms with E-state index in [1.807, 2.05) is 0 Å². The second-order valence-corrected chi connectivity index (χ2v) is 5.48. The van der Waals surface area contributed by atoms with Crippen LogP contribution in [0.2, 0.25) is 0 Å². The molecule has 1 unspecified atom stereocenters. The van der Waals surface area contributed by atoms with Crippen molar-refractivity contribution >= 4 is 17.7 Å². The Morgan fingerprint density at radius 3 is 2.74 bits per heavy atom. The number of carboxylic acids is 1. The summed E-state index contributed by atoms with van der Waals surface area (Å²) in [7, 11) is 0. The minimum Gasteiger partial charge on any atom is -0.480 e. The first-order valence-electron chi connectivity index (χ1n) is 5.99. The number of thioether (sulfide) groups is 1. The van der Waals surface area contributed by atoms with E-state index in [0.29, 0.717) is 25.0 Å². The molecule has 3 nitrogen and oxygen atoms in total. The van der Waals surface area contributed by atoms with Crippen molar-refractivity contribution in [2.75, 3.05) is 5.75 Å². The van der Waals surface area contributed by atoms with Gasteiger partial charge in [0.25, 0.3) is 0 Å². The van der Waals surface area contributed by atoms with Crippen molar-refractivity contribution in [3.8, 4) is 0 Å². The summed E-state index contributed by atoms with van der Waals surface area (Å²) in [6, 6.07) is 3.27. The molecule has 0 aromatic heterocycles. The lowest BCUT2D eigenvalue weighted by atomic mass is 9.92. The van der Waals surface area contributed by atoms with Crippen LogP contribution in [0.3, 0.4) is 0 Å². The fourth-order valence-corrected chi connectivity index (χ4v) is 2.50. The van der Waals surface area contributed by atoms with Crippen molar-refractivity contribution in [1.29, 1.82) is 0 Å². The molecule has 0 fully saturated rings. The molecule has 1 rings (SSSR count). The van der Waals surface area contributed by atoms with Crippen LogP contribution >= 0.6 is 11.8 Å². The molecule has 0 aliphatic carbocycles. The van der Waals surface area contributed by atoms with Gasteiger partial charge in [-0.05, 0) is 43.2 Å². The van der Waals surface area contributed by atoms with Crippen molar-refractivity contribution < 1.29 is 18.7 Å². The Balaban J connectivity index is 2.47. The monoisotopic (exact) mass is 289 g/mol. The molecule has 1 aromatic carbocycles. The van der Waals surface area contributed by atoms with Gasteiger partial charge in [-0.1, -0.05) is 6.92 Å². The fourth-order valence-electron chi connectivity index (χ4n) is 1.59. The average Bonchev–Trinajstić information content (AvgIpc) is 2.38. The van der Waals surface area contributed by atoms with E-state index in [4.69, 9.17) is 10.8 Å². The molecule has 6 heteroatoms. The first kappa shape index (κ1) is 15.9. The van der Waals surface area contributed by atoms with Crippen LogP contribution < -0.4 is 5.73 Å². The molecule has 1 aromatic rings. The van der Waals surface area contributed by atoms with Crippen LogP contribution in [0.15, 0.2) is 23.1 Å². The van der Waals surface area contributed by atoms with E-state index in [9.17, 15) is 13.6 Å². The summed E-state index contributed by atoms with van der Waals surface area (Å²) in [6.45, 7) is 1.72. The molecule has 0 amide bonds. The molecule has 0 aliphatic rings. The summed E-state index contributed by atoms with van der Waals surface area (Å²) >= 11 is 1.16. The van der Waals surface area contributed by atoms with Crippen LogP contribution in [0.1, 0.15) is 26.2 Å².